The maximum Gasteiger partial charge on any atom is 0.191 e. The van der Waals surface area contributed by atoms with Gasteiger partial charge in [-0.3, -0.25) is 9.89 Å². The van der Waals surface area contributed by atoms with Gasteiger partial charge in [0.05, 0.1) is 25.5 Å². The van der Waals surface area contributed by atoms with Crippen LogP contribution in [-0.4, -0.2) is 86.3 Å². The van der Waals surface area contributed by atoms with Crippen LogP contribution >= 0.6 is 0 Å². The van der Waals surface area contributed by atoms with Gasteiger partial charge in [-0.15, -0.1) is 0 Å². The van der Waals surface area contributed by atoms with E-state index in [2.05, 4.69) is 49.9 Å². The lowest BCUT2D eigenvalue weighted by Crippen LogP contribution is -2.53. The van der Waals surface area contributed by atoms with Gasteiger partial charge in [0.2, 0.25) is 0 Å². The Hall–Kier alpha value is -2.42. The van der Waals surface area contributed by atoms with E-state index < -0.39 is 0 Å². The molecule has 8 nitrogen and oxygen atoms in total. The summed E-state index contributed by atoms with van der Waals surface area (Å²) in [6.45, 7) is 7.03. The van der Waals surface area contributed by atoms with Crippen molar-refractivity contribution in [3.05, 3.63) is 48.3 Å². The van der Waals surface area contributed by atoms with Gasteiger partial charge in [0.1, 0.15) is 0 Å². The molecule has 0 saturated carbocycles. The molecule has 31 heavy (non-hydrogen) atoms. The van der Waals surface area contributed by atoms with Crippen LogP contribution in [0, 0.1) is 5.92 Å². The van der Waals surface area contributed by atoms with Gasteiger partial charge in [0.15, 0.2) is 5.96 Å². The SMILES string of the molecule is CN=C(NCCc1ccc(-n2cccn2)cc1)NCC(C1CCOC1)N1CCOCC1. The quantitative estimate of drug-likeness (QED) is 0.490. The molecule has 2 N–H and O–H groups in total. The first-order valence-corrected chi connectivity index (χ1v) is 11.3. The van der Waals surface area contributed by atoms with Crippen LogP contribution in [0.25, 0.3) is 5.69 Å². The average Bonchev–Trinajstić information content (AvgIpc) is 3.54. The van der Waals surface area contributed by atoms with Gasteiger partial charge >= 0.3 is 0 Å². The zero-order valence-electron chi connectivity index (χ0n) is 18.4. The van der Waals surface area contributed by atoms with E-state index in [0.29, 0.717) is 12.0 Å². The number of aromatic nitrogens is 2. The fourth-order valence-electron chi connectivity index (χ4n) is 4.34. The number of nitrogens with one attached hydrogen (secondary N) is 2. The van der Waals surface area contributed by atoms with Crippen molar-refractivity contribution in [1.29, 1.82) is 0 Å². The lowest BCUT2D eigenvalue weighted by molar-refractivity contribution is 0.00247. The zero-order valence-corrected chi connectivity index (χ0v) is 18.4. The minimum atomic E-state index is 0.444. The molecule has 2 atom stereocenters. The highest BCUT2D eigenvalue weighted by Gasteiger charge is 2.31. The maximum absolute atomic E-state index is 5.67. The molecule has 0 spiro atoms. The van der Waals surface area contributed by atoms with E-state index in [4.69, 9.17) is 9.47 Å². The van der Waals surface area contributed by atoms with Crippen molar-refractivity contribution in [3.8, 4) is 5.69 Å². The van der Waals surface area contributed by atoms with Crippen LogP contribution in [0.1, 0.15) is 12.0 Å². The highest BCUT2D eigenvalue weighted by Crippen LogP contribution is 2.21. The molecule has 0 amide bonds. The Balaban J connectivity index is 1.24. The second-order valence-corrected chi connectivity index (χ2v) is 8.09. The van der Waals surface area contributed by atoms with Crippen LogP contribution in [0.3, 0.4) is 0 Å². The monoisotopic (exact) mass is 426 g/mol. The van der Waals surface area contributed by atoms with Crippen molar-refractivity contribution in [2.24, 2.45) is 10.9 Å². The summed E-state index contributed by atoms with van der Waals surface area (Å²) in [4.78, 5) is 6.97. The van der Waals surface area contributed by atoms with Crippen molar-refractivity contribution in [3.63, 3.8) is 0 Å². The molecule has 2 saturated heterocycles. The van der Waals surface area contributed by atoms with Crippen LogP contribution in [0.15, 0.2) is 47.7 Å². The van der Waals surface area contributed by atoms with Crippen molar-refractivity contribution in [2.75, 3.05) is 59.7 Å². The van der Waals surface area contributed by atoms with Crippen LogP contribution in [0.2, 0.25) is 0 Å². The first-order valence-electron chi connectivity index (χ1n) is 11.3. The minimum Gasteiger partial charge on any atom is -0.381 e. The molecule has 0 aliphatic carbocycles. The number of ether oxygens (including phenoxy) is 2. The third-order valence-corrected chi connectivity index (χ3v) is 6.14. The number of morpholine rings is 1. The van der Waals surface area contributed by atoms with E-state index in [1.54, 1.807) is 6.20 Å². The summed E-state index contributed by atoms with van der Waals surface area (Å²) < 4.78 is 13.1. The van der Waals surface area contributed by atoms with E-state index in [1.165, 1.54) is 5.56 Å². The number of guanidine groups is 1. The Kier molecular flexibility index (Phi) is 7.93. The standard InChI is InChI=1S/C23H34N6O2/c1-24-23(25-10-7-19-3-5-21(6-4-19)29-11-2-9-27-29)26-17-22(20-8-14-31-18-20)28-12-15-30-16-13-28/h2-6,9,11,20,22H,7-8,10,12-18H2,1H3,(H2,24,25,26). The van der Waals surface area contributed by atoms with Gasteiger partial charge in [-0.2, -0.15) is 5.10 Å². The summed E-state index contributed by atoms with van der Waals surface area (Å²) >= 11 is 0. The summed E-state index contributed by atoms with van der Waals surface area (Å²) in [7, 11) is 1.83. The van der Waals surface area contributed by atoms with E-state index in [9.17, 15) is 0 Å². The fourth-order valence-corrected chi connectivity index (χ4v) is 4.34. The highest BCUT2D eigenvalue weighted by atomic mass is 16.5. The molecule has 8 heteroatoms. The zero-order chi connectivity index (χ0) is 21.3. The van der Waals surface area contributed by atoms with Crippen molar-refractivity contribution in [1.82, 2.24) is 25.3 Å². The molecule has 1 aromatic heterocycles. The number of nitrogens with zero attached hydrogens (tertiary/aromatic N) is 4. The Morgan fingerprint density at radius 3 is 2.68 bits per heavy atom. The Morgan fingerprint density at radius 2 is 2.00 bits per heavy atom. The normalized spacial score (nSPS) is 21.2. The summed E-state index contributed by atoms with van der Waals surface area (Å²) in [6.07, 6.45) is 5.81. The fraction of sp³-hybridized carbons (Fsp3) is 0.565. The van der Waals surface area contributed by atoms with Crippen LogP contribution in [0.4, 0.5) is 0 Å². The number of aliphatic imine (C=N–C) groups is 1. The first kappa shape index (κ1) is 21.8. The minimum absolute atomic E-state index is 0.444. The predicted molar refractivity (Wildman–Crippen MR) is 122 cm³/mol. The van der Waals surface area contributed by atoms with Crippen LogP contribution in [0.5, 0.6) is 0 Å². The lowest BCUT2D eigenvalue weighted by atomic mass is 9.97. The van der Waals surface area contributed by atoms with Crippen LogP contribution < -0.4 is 10.6 Å². The second kappa shape index (κ2) is 11.3. The molecule has 3 heterocycles. The largest absolute Gasteiger partial charge is 0.381 e. The Bertz CT molecular complexity index is 796. The molecule has 0 radical (unpaired) electrons. The topological polar surface area (TPSA) is 75.9 Å². The molecule has 2 unspecified atom stereocenters. The summed E-state index contributed by atoms with van der Waals surface area (Å²) in [6, 6.07) is 10.9. The third-order valence-electron chi connectivity index (χ3n) is 6.14. The molecule has 2 aromatic rings. The van der Waals surface area contributed by atoms with E-state index in [-0.39, 0.29) is 0 Å². The molecule has 1 aromatic carbocycles. The van der Waals surface area contributed by atoms with E-state index in [0.717, 1.165) is 77.1 Å². The van der Waals surface area contributed by atoms with Gasteiger partial charge in [-0.05, 0) is 36.6 Å². The molecule has 168 valence electrons. The molecule has 2 aliphatic heterocycles. The molecule has 0 bridgehead atoms. The molecule has 2 fully saturated rings. The highest BCUT2D eigenvalue weighted by molar-refractivity contribution is 5.79. The Morgan fingerprint density at radius 1 is 1.16 bits per heavy atom. The molecular weight excluding hydrogens is 392 g/mol. The summed E-state index contributed by atoms with van der Waals surface area (Å²) in [5.74, 6) is 1.42. The number of rotatable bonds is 8. The van der Waals surface area contributed by atoms with Gasteiger partial charge in [0, 0.05) is 64.2 Å². The smallest absolute Gasteiger partial charge is 0.191 e. The molecule has 4 rings (SSSR count). The molecule has 2 aliphatic rings. The summed E-state index contributed by atoms with van der Waals surface area (Å²) in [5, 5.41) is 11.3. The van der Waals surface area contributed by atoms with Crippen molar-refractivity contribution in [2.45, 2.75) is 18.9 Å². The second-order valence-electron chi connectivity index (χ2n) is 8.09. The maximum atomic E-state index is 5.67. The average molecular weight is 427 g/mol. The number of hydrogen-bond acceptors (Lipinski definition) is 5. The lowest BCUT2D eigenvalue weighted by Gasteiger charge is -2.37. The van der Waals surface area contributed by atoms with Crippen molar-refractivity contribution < 1.29 is 9.47 Å². The first-order chi connectivity index (χ1) is 15.3. The van der Waals surface area contributed by atoms with Crippen LogP contribution in [-0.2, 0) is 15.9 Å². The predicted octanol–water partition coefficient (Wildman–Crippen LogP) is 1.32. The molecular formula is C23H34N6O2. The third kappa shape index (κ3) is 6.06. The van der Waals surface area contributed by atoms with Gasteiger partial charge in [0.25, 0.3) is 0 Å². The summed E-state index contributed by atoms with van der Waals surface area (Å²) in [5.41, 5.74) is 2.36. The van der Waals surface area contributed by atoms with Gasteiger partial charge < -0.3 is 20.1 Å². The number of benzene rings is 1. The van der Waals surface area contributed by atoms with Gasteiger partial charge in [-0.1, -0.05) is 12.1 Å². The Labute approximate surface area is 184 Å². The number of hydrogen-bond donors (Lipinski definition) is 2. The van der Waals surface area contributed by atoms with E-state index >= 15 is 0 Å². The van der Waals surface area contributed by atoms with E-state index in [1.807, 2.05) is 24.0 Å². The van der Waals surface area contributed by atoms with Gasteiger partial charge in [-0.25, -0.2) is 4.68 Å². The van der Waals surface area contributed by atoms with Crippen molar-refractivity contribution >= 4 is 5.96 Å².